The molecule has 18 heavy (non-hydrogen) atoms. The third-order valence-corrected chi connectivity index (χ3v) is 2.44. The van der Waals surface area contributed by atoms with Crippen LogP contribution >= 0.6 is 0 Å². The van der Waals surface area contributed by atoms with Crippen LogP contribution in [0.25, 0.3) is 6.08 Å². The van der Waals surface area contributed by atoms with Crippen LogP contribution in [0.1, 0.15) is 22.8 Å². The molecule has 0 bridgehead atoms. The van der Waals surface area contributed by atoms with Gasteiger partial charge in [-0.2, -0.15) is 18.4 Å². The van der Waals surface area contributed by atoms with Gasteiger partial charge in [0.2, 0.25) is 0 Å². The molecule has 0 saturated carbocycles. The molecule has 1 aromatic rings. The molecule has 0 aliphatic heterocycles. The maximum Gasteiger partial charge on any atom is 0.490 e. The number of nitriles is 1. The Bertz CT molecular complexity index is 570. The number of carbonyl (C=O) groups is 1. The fourth-order valence-electron chi connectivity index (χ4n) is 1.63. The summed E-state index contributed by atoms with van der Waals surface area (Å²) < 4.78 is 40.5. The lowest BCUT2D eigenvalue weighted by molar-refractivity contribution is -0.203. The molecule has 1 unspecified atom stereocenters. The summed E-state index contributed by atoms with van der Waals surface area (Å²) in [6, 6.07) is 6.37. The third kappa shape index (κ3) is 2.20. The van der Waals surface area contributed by atoms with Gasteiger partial charge in [-0.25, -0.2) is 4.79 Å². The molecule has 3 nitrogen and oxygen atoms in total. The monoisotopic (exact) mass is 253 g/mol. The van der Waals surface area contributed by atoms with Gasteiger partial charge in [0.25, 0.3) is 0 Å². The van der Waals surface area contributed by atoms with Crippen molar-refractivity contribution in [1.29, 1.82) is 5.26 Å². The van der Waals surface area contributed by atoms with E-state index in [1.54, 1.807) is 0 Å². The van der Waals surface area contributed by atoms with Crippen LogP contribution in [0.2, 0.25) is 0 Å². The van der Waals surface area contributed by atoms with Crippen LogP contribution in [0, 0.1) is 11.3 Å². The van der Waals surface area contributed by atoms with Crippen molar-refractivity contribution < 1.29 is 22.7 Å². The average molecular weight is 253 g/mol. The second-order valence-corrected chi connectivity index (χ2v) is 3.64. The van der Waals surface area contributed by atoms with Crippen molar-refractivity contribution in [2.45, 2.75) is 12.3 Å². The third-order valence-electron chi connectivity index (χ3n) is 2.44. The van der Waals surface area contributed by atoms with Gasteiger partial charge in [-0.15, -0.1) is 0 Å². The lowest BCUT2D eigenvalue weighted by Crippen LogP contribution is -2.26. The van der Waals surface area contributed by atoms with E-state index in [0.29, 0.717) is 16.7 Å². The molecule has 0 amide bonds. The van der Waals surface area contributed by atoms with E-state index in [4.69, 9.17) is 5.26 Å². The Hall–Kier alpha value is -2.29. The Labute approximate surface area is 100 Å². The molecule has 0 spiro atoms. The quantitative estimate of drug-likeness (QED) is 0.723. The molecule has 0 radical (unpaired) electrons. The summed E-state index contributed by atoms with van der Waals surface area (Å²) in [4.78, 5) is 10.7. The number of alkyl halides is 3. The van der Waals surface area contributed by atoms with E-state index >= 15 is 0 Å². The minimum Gasteiger partial charge on any atom is -0.447 e. The molecule has 1 atom stereocenters. The van der Waals surface area contributed by atoms with Gasteiger partial charge in [-0.1, -0.05) is 12.1 Å². The van der Waals surface area contributed by atoms with E-state index in [0.717, 1.165) is 0 Å². The van der Waals surface area contributed by atoms with Crippen LogP contribution < -0.4 is 0 Å². The summed E-state index contributed by atoms with van der Waals surface area (Å²) in [6.07, 6.45) is -3.20. The van der Waals surface area contributed by atoms with Crippen molar-refractivity contribution in [3.63, 3.8) is 0 Å². The average Bonchev–Trinajstić information content (AvgIpc) is 2.70. The first-order valence-electron chi connectivity index (χ1n) is 4.92. The summed E-state index contributed by atoms with van der Waals surface area (Å²) in [6.45, 7) is 0. The zero-order chi connectivity index (χ0) is 13.3. The molecule has 0 N–H and O–H groups in total. The molecule has 0 fully saturated rings. The topological polar surface area (TPSA) is 50.1 Å². The summed E-state index contributed by atoms with van der Waals surface area (Å²) in [5.41, 5.74) is 1.40. The summed E-state index contributed by atoms with van der Waals surface area (Å²) in [7, 11) is 0. The van der Waals surface area contributed by atoms with Gasteiger partial charge >= 0.3 is 12.1 Å². The van der Waals surface area contributed by atoms with Crippen molar-refractivity contribution in [3.05, 3.63) is 41.0 Å². The Morgan fingerprint density at radius 2 is 2.11 bits per heavy atom. The molecule has 92 valence electrons. The second-order valence-electron chi connectivity index (χ2n) is 3.64. The number of benzene rings is 1. The Balaban J connectivity index is 2.21. The van der Waals surface area contributed by atoms with Gasteiger partial charge in [0.15, 0.2) is 0 Å². The van der Waals surface area contributed by atoms with Crippen LogP contribution in [0.15, 0.2) is 24.3 Å². The molecule has 0 saturated heterocycles. The normalized spacial score (nSPS) is 17.1. The molecule has 1 aliphatic carbocycles. The number of esters is 1. The van der Waals surface area contributed by atoms with Crippen molar-refractivity contribution in [3.8, 4) is 6.07 Å². The lowest BCUT2D eigenvalue weighted by Gasteiger charge is -2.13. The zero-order valence-electron chi connectivity index (χ0n) is 8.86. The van der Waals surface area contributed by atoms with Gasteiger partial charge in [-0.05, 0) is 23.8 Å². The molecule has 1 aromatic carbocycles. The van der Waals surface area contributed by atoms with Crippen LogP contribution in [0.5, 0.6) is 0 Å². The smallest absolute Gasteiger partial charge is 0.447 e. The van der Waals surface area contributed by atoms with E-state index < -0.39 is 18.2 Å². The first kappa shape index (κ1) is 12.2. The molecule has 6 heteroatoms. The highest BCUT2D eigenvalue weighted by atomic mass is 19.4. The van der Waals surface area contributed by atoms with Crippen LogP contribution in [-0.4, -0.2) is 12.1 Å². The number of halogens is 3. The highest BCUT2D eigenvalue weighted by Crippen LogP contribution is 2.33. The second kappa shape index (κ2) is 4.18. The highest BCUT2D eigenvalue weighted by molar-refractivity contribution is 5.77. The predicted octanol–water partition coefficient (Wildman–Crippen LogP) is 2.73. The summed E-state index contributed by atoms with van der Waals surface area (Å²) in [5.74, 6) is -2.23. The van der Waals surface area contributed by atoms with Crippen LogP contribution in [0.4, 0.5) is 13.2 Å². The largest absolute Gasteiger partial charge is 0.490 e. The molecular formula is C12H6F3NO2. The van der Waals surface area contributed by atoms with Gasteiger partial charge in [0.1, 0.15) is 6.10 Å². The van der Waals surface area contributed by atoms with Gasteiger partial charge < -0.3 is 4.74 Å². The highest BCUT2D eigenvalue weighted by Gasteiger charge is 2.42. The molecule has 0 aromatic heterocycles. The van der Waals surface area contributed by atoms with Crippen molar-refractivity contribution in [2.24, 2.45) is 0 Å². The maximum absolute atomic E-state index is 12.1. The molecule has 0 heterocycles. The lowest BCUT2D eigenvalue weighted by atomic mass is 10.1. The standard InChI is InChI=1S/C12H6F3NO2/c13-12(14,15)11(17)18-10-4-2-8-5-7(6-16)1-3-9(8)10/h1-5,10H. The number of hydrogen-bond acceptors (Lipinski definition) is 3. The number of hydrogen-bond donors (Lipinski definition) is 0. The van der Waals surface area contributed by atoms with Gasteiger partial charge in [0.05, 0.1) is 11.6 Å². The first-order valence-corrected chi connectivity index (χ1v) is 4.92. The molecular weight excluding hydrogens is 247 g/mol. The Kier molecular flexibility index (Phi) is 2.83. The molecule has 1 aliphatic rings. The number of ether oxygens (including phenoxy) is 1. The minimum absolute atomic E-state index is 0.390. The Morgan fingerprint density at radius 1 is 1.39 bits per heavy atom. The van der Waals surface area contributed by atoms with Gasteiger partial charge in [0, 0.05) is 5.56 Å². The fourth-order valence-corrected chi connectivity index (χ4v) is 1.63. The predicted molar refractivity (Wildman–Crippen MR) is 55.1 cm³/mol. The van der Waals surface area contributed by atoms with E-state index in [1.807, 2.05) is 6.07 Å². The zero-order valence-corrected chi connectivity index (χ0v) is 8.86. The summed E-state index contributed by atoms with van der Waals surface area (Å²) in [5, 5.41) is 8.68. The fraction of sp³-hybridized carbons (Fsp3) is 0.167. The minimum atomic E-state index is -5.01. The number of rotatable bonds is 1. The first-order chi connectivity index (χ1) is 8.41. The van der Waals surface area contributed by atoms with Crippen LogP contribution in [0.3, 0.4) is 0 Å². The SMILES string of the molecule is N#Cc1ccc2c(c1)C=CC2OC(=O)C(F)(F)F. The van der Waals surface area contributed by atoms with E-state index in [1.165, 1.54) is 30.4 Å². The van der Waals surface area contributed by atoms with E-state index in [-0.39, 0.29) is 0 Å². The van der Waals surface area contributed by atoms with Crippen molar-refractivity contribution in [2.75, 3.05) is 0 Å². The van der Waals surface area contributed by atoms with Crippen molar-refractivity contribution >= 4 is 12.0 Å². The number of fused-ring (bicyclic) bond motifs is 1. The number of nitrogens with zero attached hydrogens (tertiary/aromatic N) is 1. The van der Waals surface area contributed by atoms with Crippen LogP contribution in [-0.2, 0) is 9.53 Å². The molecule has 2 rings (SSSR count). The maximum atomic E-state index is 12.1. The van der Waals surface area contributed by atoms with E-state index in [9.17, 15) is 18.0 Å². The van der Waals surface area contributed by atoms with Gasteiger partial charge in [-0.3, -0.25) is 0 Å². The van der Waals surface area contributed by atoms with Crippen molar-refractivity contribution in [1.82, 2.24) is 0 Å². The number of carbonyl (C=O) groups excluding carboxylic acids is 1. The Morgan fingerprint density at radius 3 is 2.72 bits per heavy atom. The summed E-state index contributed by atoms with van der Waals surface area (Å²) >= 11 is 0. The van der Waals surface area contributed by atoms with E-state index in [2.05, 4.69) is 4.74 Å².